The molecule has 0 saturated carbocycles. The normalized spacial score (nSPS) is 10.6. The van der Waals surface area contributed by atoms with E-state index in [2.05, 4.69) is 5.32 Å². The molecule has 0 aliphatic carbocycles. The van der Waals surface area contributed by atoms with E-state index in [1.165, 1.54) is 0 Å². The van der Waals surface area contributed by atoms with E-state index in [0.717, 1.165) is 16.7 Å². The van der Waals surface area contributed by atoms with Gasteiger partial charge in [-0.05, 0) is 41.5 Å². The van der Waals surface area contributed by atoms with Crippen LogP contribution in [0.4, 0.5) is 0 Å². The molecule has 0 radical (unpaired) electrons. The minimum absolute atomic E-state index is 0.143. The van der Waals surface area contributed by atoms with E-state index in [9.17, 15) is 4.79 Å². The summed E-state index contributed by atoms with van der Waals surface area (Å²) in [5.41, 5.74) is 3.55. The monoisotopic (exact) mass is 427 g/mol. The summed E-state index contributed by atoms with van der Waals surface area (Å²) in [5, 5.41) is 3.83. The number of hydrogen-bond donors (Lipinski definition) is 1. The average Bonchev–Trinajstić information content (AvgIpc) is 2.83. The largest absolute Gasteiger partial charge is 0.489 e. The summed E-state index contributed by atoms with van der Waals surface area (Å²) in [6.07, 6.45) is 0. The van der Waals surface area contributed by atoms with Crippen LogP contribution in [0.2, 0.25) is 5.02 Å². The van der Waals surface area contributed by atoms with Gasteiger partial charge in [0.25, 0.3) is 5.91 Å². The number of hydrogen-bond acceptors (Lipinski definition) is 2. The lowest BCUT2D eigenvalue weighted by atomic mass is 9.98. The summed E-state index contributed by atoms with van der Waals surface area (Å²) in [4.78, 5) is 13.0. The zero-order valence-electron chi connectivity index (χ0n) is 16.9. The molecule has 1 N–H and O–H groups in total. The summed E-state index contributed by atoms with van der Waals surface area (Å²) in [6, 6.07) is 34.4. The summed E-state index contributed by atoms with van der Waals surface area (Å²) in [6.45, 7) is 0.370. The lowest BCUT2D eigenvalue weighted by Crippen LogP contribution is -2.29. The van der Waals surface area contributed by atoms with Gasteiger partial charge in [0.1, 0.15) is 12.4 Å². The highest BCUT2D eigenvalue weighted by Gasteiger charge is 2.17. The molecule has 0 spiro atoms. The fourth-order valence-electron chi connectivity index (χ4n) is 3.34. The van der Waals surface area contributed by atoms with E-state index in [0.29, 0.717) is 22.9 Å². The Labute approximate surface area is 187 Å². The maximum Gasteiger partial charge on any atom is 0.252 e. The van der Waals surface area contributed by atoms with Crippen LogP contribution in [-0.4, -0.2) is 5.91 Å². The molecule has 3 nitrogen and oxygen atoms in total. The van der Waals surface area contributed by atoms with Crippen LogP contribution in [0.15, 0.2) is 109 Å². The lowest BCUT2D eigenvalue weighted by Gasteiger charge is -2.20. The van der Waals surface area contributed by atoms with Gasteiger partial charge in [-0.2, -0.15) is 0 Å². The summed E-state index contributed by atoms with van der Waals surface area (Å²) < 4.78 is 5.81. The van der Waals surface area contributed by atoms with Crippen LogP contribution in [0, 0.1) is 0 Å². The number of halogens is 1. The quantitative estimate of drug-likeness (QED) is 0.368. The first-order chi connectivity index (χ1) is 15.2. The van der Waals surface area contributed by atoms with Gasteiger partial charge in [0.2, 0.25) is 0 Å². The first-order valence-electron chi connectivity index (χ1n) is 10.1. The topological polar surface area (TPSA) is 38.3 Å². The second-order valence-corrected chi connectivity index (χ2v) is 7.54. The highest BCUT2D eigenvalue weighted by molar-refractivity contribution is 6.31. The zero-order valence-corrected chi connectivity index (χ0v) is 17.6. The number of ether oxygens (including phenoxy) is 1. The number of carbonyl (C=O) groups is 1. The highest BCUT2D eigenvalue weighted by atomic mass is 35.5. The van der Waals surface area contributed by atoms with Crippen LogP contribution in [0.1, 0.15) is 33.1 Å². The average molecular weight is 428 g/mol. The van der Waals surface area contributed by atoms with Gasteiger partial charge in [-0.1, -0.05) is 90.5 Å². The van der Waals surface area contributed by atoms with E-state index < -0.39 is 0 Å². The predicted octanol–water partition coefficient (Wildman–Crippen LogP) is 6.44. The molecular formula is C27H22ClNO2. The van der Waals surface area contributed by atoms with E-state index in [-0.39, 0.29) is 11.9 Å². The maximum absolute atomic E-state index is 13.0. The molecule has 0 bridgehead atoms. The minimum Gasteiger partial charge on any atom is -0.489 e. The molecule has 0 heterocycles. The van der Waals surface area contributed by atoms with Crippen molar-refractivity contribution in [2.24, 2.45) is 0 Å². The van der Waals surface area contributed by atoms with Gasteiger partial charge in [0.15, 0.2) is 0 Å². The maximum atomic E-state index is 13.0. The van der Waals surface area contributed by atoms with Gasteiger partial charge in [0, 0.05) is 16.1 Å². The van der Waals surface area contributed by atoms with Gasteiger partial charge in [-0.3, -0.25) is 4.79 Å². The molecule has 1 amide bonds. The molecule has 0 aliphatic rings. The Kier molecular flexibility index (Phi) is 6.65. The summed E-state index contributed by atoms with van der Waals surface area (Å²) in [7, 11) is 0. The smallest absolute Gasteiger partial charge is 0.252 e. The predicted molar refractivity (Wildman–Crippen MR) is 124 cm³/mol. The number of benzene rings is 4. The molecule has 0 fully saturated rings. The van der Waals surface area contributed by atoms with Crippen LogP contribution in [0.5, 0.6) is 5.75 Å². The van der Waals surface area contributed by atoms with Crippen molar-refractivity contribution in [3.63, 3.8) is 0 Å². The molecule has 4 aromatic rings. The first-order valence-corrected chi connectivity index (χ1v) is 10.5. The van der Waals surface area contributed by atoms with Crippen LogP contribution >= 0.6 is 11.6 Å². The molecule has 4 heteroatoms. The molecule has 0 saturated heterocycles. The van der Waals surface area contributed by atoms with Crippen molar-refractivity contribution in [2.45, 2.75) is 12.6 Å². The van der Waals surface area contributed by atoms with E-state index >= 15 is 0 Å². The van der Waals surface area contributed by atoms with Gasteiger partial charge in [0.05, 0.1) is 6.04 Å². The van der Waals surface area contributed by atoms with Crippen LogP contribution < -0.4 is 10.1 Å². The third kappa shape index (κ3) is 5.33. The van der Waals surface area contributed by atoms with E-state index in [4.69, 9.17) is 16.3 Å². The van der Waals surface area contributed by atoms with Crippen molar-refractivity contribution in [1.29, 1.82) is 0 Å². The third-order valence-electron chi connectivity index (χ3n) is 5.01. The Morgan fingerprint density at radius 2 is 1.29 bits per heavy atom. The Bertz CT molecular complexity index is 1090. The fraction of sp³-hybridized carbons (Fsp3) is 0.0741. The second kappa shape index (κ2) is 9.96. The van der Waals surface area contributed by atoms with E-state index in [1.807, 2.05) is 84.9 Å². The molecule has 0 atom stereocenters. The van der Waals surface area contributed by atoms with Crippen molar-refractivity contribution in [3.8, 4) is 5.75 Å². The third-order valence-corrected chi connectivity index (χ3v) is 5.38. The van der Waals surface area contributed by atoms with Gasteiger partial charge < -0.3 is 10.1 Å². The number of rotatable bonds is 7. The molecule has 31 heavy (non-hydrogen) atoms. The number of nitrogens with one attached hydrogen (secondary N) is 1. The summed E-state index contributed by atoms with van der Waals surface area (Å²) >= 11 is 6.17. The Balaban J connectivity index is 1.46. The molecule has 154 valence electrons. The number of carbonyl (C=O) groups excluding carboxylic acids is 1. The molecule has 0 aromatic heterocycles. The Morgan fingerprint density at radius 3 is 1.87 bits per heavy atom. The SMILES string of the molecule is O=C(NC(c1ccccc1)c1ccccc1)c1ccc(OCc2ccccc2Cl)cc1. The van der Waals surface area contributed by atoms with Crippen molar-refractivity contribution in [2.75, 3.05) is 0 Å². The van der Waals surface area contributed by atoms with E-state index in [1.54, 1.807) is 24.3 Å². The molecule has 4 rings (SSSR count). The second-order valence-electron chi connectivity index (χ2n) is 7.13. The van der Waals surface area contributed by atoms with Crippen LogP contribution in [0.25, 0.3) is 0 Å². The lowest BCUT2D eigenvalue weighted by molar-refractivity contribution is 0.0943. The molecular weight excluding hydrogens is 406 g/mol. The standard InChI is InChI=1S/C27H22ClNO2/c28-25-14-8-7-13-23(25)19-31-24-17-15-22(16-18-24)27(30)29-26(20-9-3-1-4-10-20)21-11-5-2-6-12-21/h1-18,26H,19H2,(H,29,30). The van der Waals surface area contributed by atoms with Crippen molar-refractivity contribution < 1.29 is 9.53 Å². The first kappa shape index (κ1) is 20.7. The van der Waals surface area contributed by atoms with Gasteiger partial charge in [-0.25, -0.2) is 0 Å². The fourth-order valence-corrected chi connectivity index (χ4v) is 3.53. The summed E-state index contributed by atoms with van der Waals surface area (Å²) in [5.74, 6) is 0.537. The molecule has 4 aromatic carbocycles. The Hall–Kier alpha value is -3.56. The van der Waals surface area contributed by atoms with Crippen LogP contribution in [-0.2, 0) is 6.61 Å². The molecule has 0 aliphatic heterocycles. The van der Waals surface area contributed by atoms with Crippen molar-refractivity contribution >= 4 is 17.5 Å². The molecule has 0 unspecified atom stereocenters. The van der Waals surface area contributed by atoms with Gasteiger partial charge >= 0.3 is 0 Å². The van der Waals surface area contributed by atoms with Crippen LogP contribution in [0.3, 0.4) is 0 Å². The minimum atomic E-state index is -0.231. The zero-order chi connectivity index (χ0) is 21.5. The Morgan fingerprint density at radius 1 is 0.742 bits per heavy atom. The highest BCUT2D eigenvalue weighted by Crippen LogP contribution is 2.23. The number of amides is 1. The van der Waals surface area contributed by atoms with Crippen molar-refractivity contribution in [3.05, 3.63) is 136 Å². The van der Waals surface area contributed by atoms with Crippen molar-refractivity contribution in [1.82, 2.24) is 5.32 Å². The van der Waals surface area contributed by atoms with Gasteiger partial charge in [-0.15, -0.1) is 0 Å².